The van der Waals surface area contributed by atoms with Gasteiger partial charge < -0.3 is 10.1 Å². The number of hydrogen-bond acceptors (Lipinski definition) is 5. The van der Waals surface area contributed by atoms with Crippen LogP contribution in [0.3, 0.4) is 0 Å². The van der Waals surface area contributed by atoms with Crippen LogP contribution in [0.5, 0.6) is 0 Å². The maximum absolute atomic E-state index is 12.6. The van der Waals surface area contributed by atoms with Gasteiger partial charge in [-0.1, -0.05) is 6.92 Å². The molecule has 7 heteroatoms. The van der Waals surface area contributed by atoms with Crippen LogP contribution in [0.25, 0.3) is 0 Å². The Hall–Kier alpha value is -2.15. The minimum atomic E-state index is -0.353. The number of carbonyl (C=O) groups excluding carboxylic acids is 2. The summed E-state index contributed by atoms with van der Waals surface area (Å²) in [5.41, 5.74) is 2.06. The molecule has 134 valence electrons. The van der Waals surface area contributed by atoms with E-state index in [4.69, 9.17) is 4.74 Å². The lowest BCUT2D eigenvalue weighted by atomic mass is 9.88. The molecule has 1 unspecified atom stereocenters. The molecule has 6 nitrogen and oxygen atoms in total. The van der Waals surface area contributed by atoms with Gasteiger partial charge in [0.05, 0.1) is 12.2 Å². The lowest BCUT2D eigenvalue weighted by molar-refractivity contribution is 0.0526. The van der Waals surface area contributed by atoms with Gasteiger partial charge in [0.15, 0.2) is 0 Å². The Morgan fingerprint density at radius 1 is 1.44 bits per heavy atom. The molecule has 0 saturated carbocycles. The normalized spacial score (nSPS) is 16.4. The van der Waals surface area contributed by atoms with Crippen molar-refractivity contribution < 1.29 is 14.3 Å². The molecule has 1 atom stereocenters. The van der Waals surface area contributed by atoms with Crippen LogP contribution >= 0.6 is 11.3 Å². The minimum absolute atomic E-state index is 0.253. The van der Waals surface area contributed by atoms with Gasteiger partial charge in [-0.25, -0.2) is 4.79 Å². The van der Waals surface area contributed by atoms with Crippen molar-refractivity contribution in [1.29, 1.82) is 0 Å². The van der Waals surface area contributed by atoms with Gasteiger partial charge in [-0.3, -0.25) is 9.48 Å². The van der Waals surface area contributed by atoms with Crippen molar-refractivity contribution in [2.45, 2.75) is 46.6 Å². The molecular weight excluding hydrogens is 338 g/mol. The zero-order chi connectivity index (χ0) is 18.0. The quantitative estimate of drug-likeness (QED) is 0.827. The van der Waals surface area contributed by atoms with E-state index in [1.807, 2.05) is 6.92 Å². The largest absolute Gasteiger partial charge is 0.462 e. The van der Waals surface area contributed by atoms with Crippen molar-refractivity contribution in [3.63, 3.8) is 0 Å². The lowest BCUT2D eigenvalue weighted by Crippen LogP contribution is -2.19. The van der Waals surface area contributed by atoms with Gasteiger partial charge in [0.1, 0.15) is 10.7 Å². The summed E-state index contributed by atoms with van der Waals surface area (Å²) in [5.74, 6) is -0.0170. The molecule has 2 aromatic heterocycles. The van der Waals surface area contributed by atoms with Crippen molar-refractivity contribution in [2.75, 3.05) is 11.9 Å². The number of anilines is 1. The van der Waals surface area contributed by atoms with E-state index < -0.39 is 0 Å². The van der Waals surface area contributed by atoms with Crippen LogP contribution in [0.15, 0.2) is 12.3 Å². The van der Waals surface area contributed by atoms with Crippen molar-refractivity contribution in [3.05, 3.63) is 34.0 Å². The first-order chi connectivity index (χ1) is 12.0. The van der Waals surface area contributed by atoms with E-state index in [9.17, 15) is 9.59 Å². The Morgan fingerprint density at radius 3 is 2.96 bits per heavy atom. The Kier molecular flexibility index (Phi) is 5.22. The van der Waals surface area contributed by atoms with E-state index in [2.05, 4.69) is 17.3 Å². The predicted octanol–water partition coefficient (Wildman–Crippen LogP) is 3.52. The molecule has 0 bridgehead atoms. The van der Waals surface area contributed by atoms with Crippen LogP contribution < -0.4 is 5.32 Å². The molecule has 1 amide bonds. The van der Waals surface area contributed by atoms with E-state index >= 15 is 0 Å². The van der Waals surface area contributed by atoms with Crippen LogP contribution in [-0.4, -0.2) is 28.3 Å². The summed E-state index contributed by atoms with van der Waals surface area (Å²) in [6.07, 6.45) is 4.44. The maximum Gasteiger partial charge on any atom is 0.341 e. The fourth-order valence-corrected chi connectivity index (χ4v) is 4.60. The second kappa shape index (κ2) is 7.39. The average molecular weight is 361 g/mol. The van der Waals surface area contributed by atoms with E-state index in [1.165, 1.54) is 16.2 Å². The van der Waals surface area contributed by atoms with Gasteiger partial charge >= 0.3 is 5.97 Å². The van der Waals surface area contributed by atoms with E-state index in [0.29, 0.717) is 35.3 Å². The number of esters is 1. The Balaban J connectivity index is 1.95. The molecule has 1 N–H and O–H groups in total. The van der Waals surface area contributed by atoms with Crippen LogP contribution in [0.2, 0.25) is 0 Å². The Labute approximate surface area is 151 Å². The summed E-state index contributed by atoms with van der Waals surface area (Å²) in [7, 11) is 0. The third-order valence-corrected chi connectivity index (χ3v) is 5.64. The van der Waals surface area contributed by atoms with Crippen LogP contribution in [0.4, 0.5) is 5.00 Å². The van der Waals surface area contributed by atoms with E-state index in [0.717, 1.165) is 24.8 Å². The standard InChI is InChI=1S/C18H23N3O3S/c1-4-21-13(8-9-19-21)16(22)20-17-15(18(23)24-5-2)12-7-6-11(3)10-14(12)25-17/h8-9,11H,4-7,10H2,1-3H3,(H,20,22). The highest BCUT2D eigenvalue weighted by atomic mass is 32.1. The third kappa shape index (κ3) is 3.46. The first kappa shape index (κ1) is 17.7. The number of aryl methyl sites for hydroxylation is 1. The number of nitrogens with zero attached hydrogens (tertiary/aromatic N) is 2. The molecule has 0 fully saturated rings. The third-order valence-electron chi connectivity index (χ3n) is 4.47. The SMILES string of the molecule is CCOC(=O)c1c(NC(=O)c2ccnn2CC)sc2c1CCC(C)C2. The maximum atomic E-state index is 12.6. The fraction of sp³-hybridized carbons (Fsp3) is 0.500. The van der Waals surface area contributed by atoms with Gasteiger partial charge in [0.25, 0.3) is 5.91 Å². The number of fused-ring (bicyclic) bond motifs is 1. The fourth-order valence-electron chi connectivity index (χ4n) is 3.20. The molecule has 1 aliphatic rings. The molecule has 1 aliphatic carbocycles. The second-order valence-electron chi connectivity index (χ2n) is 6.26. The van der Waals surface area contributed by atoms with E-state index in [1.54, 1.807) is 23.9 Å². The number of nitrogens with one attached hydrogen (secondary N) is 1. The molecule has 0 spiro atoms. The molecule has 2 aromatic rings. The summed E-state index contributed by atoms with van der Waals surface area (Å²) >= 11 is 1.50. The van der Waals surface area contributed by atoms with Gasteiger partial charge in [0.2, 0.25) is 0 Å². The highest BCUT2D eigenvalue weighted by Gasteiger charge is 2.29. The molecule has 0 aliphatic heterocycles. The summed E-state index contributed by atoms with van der Waals surface area (Å²) in [6.45, 7) is 6.86. The predicted molar refractivity (Wildman–Crippen MR) is 97.3 cm³/mol. The smallest absolute Gasteiger partial charge is 0.341 e. The first-order valence-electron chi connectivity index (χ1n) is 8.69. The monoisotopic (exact) mass is 361 g/mol. The zero-order valence-electron chi connectivity index (χ0n) is 14.8. The van der Waals surface area contributed by atoms with Gasteiger partial charge in [-0.2, -0.15) is 5.10 Å². The number of aromatic nitrogens is 2. The van der Waals surface area contributed by atoms with Crippen LogP contribution in [-0.2, 0) is 24.1 Å². The van der Waals surface area contributed by atoms with Crippen molar-refractivity contribution in [2.24, 2.45) is 5.92 Å². The highest BCUT2D eigenvalue weighted by molar-refractivity contribution is 7.17. The van der Waals surface area contributed by atoms with Gasteiger partial charge in [-0.05, 0) is 50.7 Å². The number of rotatable bonds is 5. The molecule has 0 saturated heterocycles. The molecule has 3 rings (SSSR count). The molecule has 0 aromatic carbocycles. The summed E-state index contributed by atoms with van der Waals surface area (Å²) in [5, 5.41) is 7.63. The molecular formula is C18H23N3O3S. The van der Waals surface area contributed by atoms with E-state index in [-0.39, 0.29) is 11.9 Å². The van der Waals surface area contributed by atoms with Crippen molar-refractivity contribution >= 4 is 28.2 Å². The Morgan fingerprint density at radius 2 is 2.24 bits per heavy atom. The number of carbonyl (C=O) groups is 2. The number of hydrogen-bond donors (Lipinski definition) is 1. The van der Waals surface area contributed by atoms with Gasteiger partial charge in [0, 0.05) is 17.6 Å². The summed E-state index contributed by atoms with van der Waals surface area (Å²) in [4.78, 5) is 26.3. The molecule has 0 radical (unpaired) electrons. The van der Waals surface area contributed by atoms with Crippen molar-refractivity contribution in [1.82, 2.24) is 9.78 Å². The van der Waals surface area contributed by atoms with Gasteiger partial charge in [-0.15, -0.1) is 11.3 Å². The van der Waals surface area contributed by atoms with Crippen LogP contribution in [0, 0.1) is 5.92 Å². The van der Waals surface area contributed by atoms with Crippen molar-refractivity contribution in [3.8, 4) is 0 Å². The topological polar surface area (TPSA) is 73.2 Å². The Bertz CT molecular complexity index is 794. The average Bonchev–Trinajstić information content (AvgIpc) is 3.18. The number of amides is 1. The summed E-state index contributed by atoms with van der Waals surface area (Å²) in [6, 6.07) is 1.68. The molecule has 25 heavy (non-hydrogen) atoms. The van der Waals surface area contributed by atoms with Crippen LogP contribution in [0.1, 0.15) is 58.5 Å². The minimum Gasteiger partial charge on any atom is -0.462 e. The number of thiophene rings is 1. The second-order valence-corrected chi connectivity index (χ2v) is 7.37. The highest BCUT2D eigenvalue weighted by Crippen LogP contribution is 2.40. The summed E-state index contributed by atoms with van der Waals surface area (Å²) < 4.78 is 6.87. The lowest BCUT2D eigenvalue weighted by Gasteiger charge is -2.18. The zero-order valence-corrected chi connectivity index (χ0v) is 15.6. The first-order valence-corrected chi connectivity index (χ1v) is 9.51. The number of ether oxygens (including phenoxy) is 1. The molecule has 2 heterocycles.